The van der Waals surface area contributed by atoms with Gasteiger partial charge in [-0.2, -0.15) is 0 Å². The summed E-state index contributed by atoms with van der Waals surface area (Å²) in [6.45, 7) is -0.557. The second-order valence-corrected chi connectivity index (χ2v) is 4.91. The standard InChI is InChI=1S/C14H19N3O5/c18-7-11(20)14(22)13(21)10(19)5-15-6-12-16-8-3-1-2-4-9(8)17-12/h1-5,10-11,13-14,18-22H,6-7H2,(H,16,17)/t10-,11+,13+,14-/m0/s1. The number of fused-ring (bicyclic) bond motifs is 1. The quantitative estimate of drug-likeness (QED) is 0.346. The molecular formula is C14H19N3O5. The number of nitrogens with one attached hydrogen (secondary N) is 1. The molecule has 0 bridgehead atoms. The molecule has 0 amide bonds. The highest BCUT2D eigenvalue weighted by molar-refractivity contribution is 5.74. The Bertz CT molecular complexity index is 597. The topological polar surface area (TPSA) is 142 Å². The van der Waals surface area contributed by atoms with Crippen LogP contribution in [0, 0.1) is 0 Å². The van der Waals surface area contributed by atoms with Crippen LogP contribution in [0.25, 0.3) is 11.0 Å². The summed E-state index contributed by atoms with van der Waals surface area (Å²) in [6, 6.07) is 7.47. The number of aromatic amines is 1. The predicted octanol–water partition coefficient (Wildman–Crippen LogP) is -1.43. The average molecular weight is 309 g/mol. The van der Waals surface area contributed by atoms with Gasteiger partial charge in [-0.1, -0.05) is 12.1 Å². The Labute approximate surface area is 126 Å². The molecule has 0 radical (unpaired) electrons. The normalized spacial score (nSPS) is 17.7. The maximum Gasteiger partial charge on any atom is 0.128 e. The van der Waals surface area contributed by atoms with E-state index in [-0.39, 0.29) is 6.54 Å². The predicted molar refractivity (Wildman–Crippen MR) is 79.4 cm³/mol. The average Bonchev–Trinajstić information content (AvgIpc) is 2.95. The summed E-state index contributed by atoms with van der Waals surface area (Å²) in [7, 11) is 0. The fourth-order valence-corrected chi connectivity index (χ4v) is 1.95. The molecule has 4 atom stereocenters. The maximum atomic E-state index is 9.67. The third-order valence-corrected chi connectivity index (χ3v) is 3.22. The van der Waals surface area contributed by atoms with Gasteiger partial charge in [-0.05, 0) is 12.1 Å². The van der Waals surface area contributed by atoms with Crippen molar-refractivity contribution in [3.8, 4) is 0 Å². The van der Waals surface area contributed by atoms with Gasteiger partial charge in [-0.3, -0.25) is 4.99 Å². The molecule has 0 unspecified atom stereocenters. The lowest BCUT2D eigenvalue weighted by atomic mass is 10.0. The van der Waals surface area contributed by atoms with E-state index in [9.17, 15) is 20.4 Å². The molecule has 0 aliphatic rings. The number of aliphatic imine (C=N–C) groups is 1. The lowest BCUT2D eigenvalue weighted by Crippen LogP contribution is -2.46. The smallest absolute Gasteiger partial charge is 0.128 e. The van der Waals surface area contributed by atoms with E-state index in [2.05, 4.69) is 15.0 Å². The molecule has 1 aromatic heterocycles. The fourth-order valence-electron chi connectivity index (χ4n) is 1.95. The maximum absolute atomic E-state index is 9.67. The van der Waals surface area contributed by atoms with E-state index in [0.717, 1.165) is 17.2 Å². The zero-order chi connectivity index (χ0) is 16.1. The molecule has 0 saturated carbocycles. The van der Waals surface area contributed by atoms with Crippen LogP contribution in [0.5, 0.6) is 0 Å². The van der Waals surface area contributed by atoms with Gasteiger partial charge < -0.3 is 30.5 Å². The Morgan fingerprint density at radius 1 is 1.14 bits per heavy atom. The number of hydrogen-bond acceptors (Lipinski definition) is 7. The molecule has 120 valence electrons. The Hall–Kier alpha value is -1.84. The lowest BCUT2D eigenvalue weighted by Gasteiger charge is -2.23. The molecule has 0 fully saturated rings. The third kappa shape index (κ3) is 3.87. The molecular weight excluding hydrogens is 290 g/mol. The summed E-state index contributed by atoms with van der Waals surface area (Å²) < 4.78 is 0. The number of benzene rings is 1. The van der Waals surface area contributed by atoms with Crippen molar-refractivity contribution in [2.75, 3.05) is 6.61 Å². The van der Waals surface area contributed by atoms with Gasteiger partial charge in [0.1, 0.15) is 30.2 Å². The van der Waals surface area contributed by atoms with Gasteiger partial charge in [-0.25, -0.2) is 4.98 Å². The number of aliphatic hydroxyl groups excluding tert-OH is 5. The molecule has 8 nitrogen and oxygen atoms in total. The van der Waals surface area contributed by atoms with E-state index in [1.165, 1.54) is 0 Å². The Kier molecular flexibility index (Phi) is 5.58. The minimum Gasteiger partial charge on any atom is -0.394 e. The van der Waals surface area contributed by atoms with Crippen LogP contribution in [-0.4, -0.2) is 72.7 Å². The van der Waals surface area contributed by atoms with Crippen LogP contribution in [0.3, 0.4) is 0 Å². The number of H-pyrrole nitrogens is 1. The Balaban J connectivity index is 1.93. The van der Waals surface area contributed by atoms with Crippen LogP contribution in [0.15, 0.2) is 29.3 Å². The van der Waals surface area contributed by atoms with Crippen molar-refractivity contribution >= 4 is 17.2 Å². The van der Waals surface area contributed by atoms with Gasteiger partial charge in [0.05, 0.1) is 24.2 Å². The van der Waals surface area contributed by atoms with Crippen molar-refractivity contribution in [2.45, 2.75) is 31.0 Å². The molecule has 22 heavy (non-hydrogen) atoms. The molecule has 0 aliphatic heterocycles. The SMILES string of the molecule is OC[C@@H](O)[C@H](O)[C@H](O)[C@@H](O)C=NCc1nc2ccccc2[nH]1. The molecule has 1 aromatic carbocycles. The van der Waals surface area contributed by atoms with Crippen molar-refractivity contribution in [2.24, 2.45) is 4.99 Å². The van der Waals surface area contributed by atoms with E-state index >= 15 is 0 Å². The third-order valence-electron chi connectivity index (χ3n) is 3.22. The highest BCUT2D eigenvalue weighted by atomic mass is 16.4. The van der Waals surface area contributed by atoms with Crippen LogP contribution in [-0.2, 0) is 6.54 Å². The molecule has 0 aliphatic carbocycles. The van der Waals surface area contributed by atoms with Gasteiger partial charge >= 0.3 is 0 Å². The molecule has 8 heteroatoms. The lowest BCUT2D eigenvalue weighted by molar-refractivity contribution is -0.0999. The van der Waals surface area contributed by atoms with Crippen LogP contribution < -0.4 is 0 Å². The Morgan fingerprint density at radius 3 is 2.55 bits per heavy atom. The van der Waals surface area contributed by atoms with E-state index in [1.807, 2.05) is 24.3 Å². The largest absolute Gasteiger partial charge is 0.394 e. The first-order chi connectivity index (χ1) is 10.5. The summed E-state index contributed by atoms with van der Waals surface area (Å²) in [4.78, 5) is 11.3. The molecule has 0 spiro atoms. The molecule has 0 saturated heterocycles. The summed E-state index contributed by atoms with van der Waals surface area (Å²) in [5, 5.41) is 46.6. The second kappa shape index (κ2) is 7.43. The second-order valence-electron chi connectivity index (χ2n) is 4.91. The van der Waals surface area contributed by atoms with Crippen molar-refractivity contribution < 1.29 is 25.5 Å². The monoisotopic (exact) mass is 309 g/mol. The van der Waals surface area contributed by atoms with Crippen LogP contribution in [0.4, 0.5) is 0 Å². The van der Waals surface area contributed by atoms with E-state index in [0.29, 0.717) is 5.82 Å². The van der Waals surface area contributed by atoms with Crippen molar-refractivity contribution in [3.63, 3.8) is 0 Å². The van der Waals surface area contributed by atoms with Crippen molar-refractivity contribution in [3.05, 3.63) is 30.1 Å². The molecule has 1 heterocycles. The number of nitrogens with zero attached hydrogens (tertiary/aromatic N) is 2. The number of aliphatic hydroxyl groups is 5. The minimum absolute atomic E-state index is 0.164. The summed E-state index contributed by atoms with van der Waals surface area (Å²) in [6.07, 6.45) is -5.27. The van der Waals surface area contributed by atoms with Gasteiger partial charge in [0, 0.05) is 6.21 Å². The van der Waals surface area contributed by atoms with E-state index in [1.54, 1.807) is 0 Å². The van der Waals surface area contributed by atoms with Crippen LogP contribution in [0.1, 0.15) is 5.82 Å². The number of imidazole rings is 1. The Morgan fingerprint density at radius 2 is 1.86 bits per heavy atom. The fraction of sp³-hybridized carbons (Fsp3) is 0.429. The number of hydrogen-bond donors (Lipinski definition) is 6. The van der Waals surface area contributed by atoms with Crippen LogP contribution >= 0.6 is 0 Å². The first-order valence-electron chi connectivity index (χ1n) is 6.79. The number of para-hydroxylation sites is 2. The number of rotatable bonds is 7. The highest BCUT2D eigenvalue weighted by Crippen LogP contribution is 2.10. The highest BCUT2D eigenvalue weighted by Gasteiger charge is 2.28. The van der Waals surface area contributed by atoms with Gasteiger partial charge in [-0.15, -0.1) is 0 Å². The summed E-state index contributed by atoms with van der Waals surface area (Å²) in [5.41, 5.74) is 1.67. The minimum atomic E-state index is -1.67. The van der Waals surface area contributed by atoms with E-state index < -0.39 is 31.0 Å². The molecule has 2 aromatic rings. The van der Waals surface area contributed by atoms with Gasteiger partial charge in [0.2, 0.25) is 0 Å². The molecule has 6 N–H and O–H groups in total. The first-order valence-corrected chi connectivity index (χ1v) is 6.79. The van der Waals surface area contributed by atoms with E-state index in [4.69, 9.17) is 5.11 Å². The molecule has 2 rings (SSSR count). The van der Waals surface area contributed by atoms with Crippen molar-refractivity contribution in [1.29, 1.82) is 0 Å². The summed E-state index contributed by atoms with van der Waals surface area (Å²) >= 11 is 0. The zero-order valence-corrected chi connectivity index (χ0v) is 11.7. The van der Waals surface area contributed by atoms with Gasteiger partial charge in [0.15, 0.2) is 0 Å². The van der Waals surface area contributed by atoms with Crippen molar-refractivity contribution in [1.82, 2.24) is 9.97 Å². The van der Waals surface area contributed by atoms with Gasteiger partial charge in [0.25, 0.3) is 0 Å². The summed E-state index contributed by atoms with van der Waals surface area (Å²) in [5.74, 6) is 0.593. The number of aromatic nitrogens is 2. The van der Waals surface area contributed by atoms with Crippen LogP contribution in [0.2, 0.25) is 0 Å². The zero-order valence-electron chi connectivity index (χ0n) is 11.7. The first kappa shape index (κ1) is 16.5.